The van der Waals surface area contributed by atoms with E-state index in [0.717, 1.165) is 6.42 Å². The van der Waals surface area contributed by atoms with E-state index in [1.54, 1.807) is 0 Å². The molecule has 0 amide bonds. The molecule has 2 N–H and O–H groups in total. The first-order chi connectivity index (χ1) is 6.70. The lowest BCUT2D eigenvalue weighted by atomic mass is 9.84. The highest BCUT2D eigenvalue weighted by molar-refractivity contribution is 5.33. The van der Waals surface area contributed by atoms with Crippen LogP contribution in [0, 0.1) is 0 Å². The van der Waals surface area contributed by atoms with Gasteiger partial charge in [0, 0.05) is 12.1 Å². The van der Waals surface area contributed by atoms with Crippen molar-refractivity contribution in [1.29, 1.82) is 0 Å². The molecule has 0 saturated carbocycles. The monoisotopic (exact) mass is 190 g/mol. The molecular weight excluding hydrogens is 172 g/mol. The quantitative estimate of drug-likeness (QED) is 0.728. The van der Waals surface area contributed by atoms with Crippen LogP contribution in [0.1, 0.15) is 23.6 Å². The molecule has 0 heterocycles. The van der Waals surface area contributed by atoms with Gasteiger partial charge in [0.1, 0.15) is 0 Å². The van der Waals surface area contributed by atoms with Crippen LogP contribution in [0.15, 0.2) is 24.3 Å². The number of hydrogen-bond acceptors (Lipinski definition) is 2. The third-order valence-corrected chi connectivity index (χ3v) is 3.20. The minimum Gasteiger partial charge on any atom is -0.323 e. The maximum atomic E-state index is 6.25. The number of rotatable bonds is 1. The van der Waals surface area contributed by atoms with E-state index in [-0.39, 0.29) is 6.04 Å². The number of fused-ring (bicyclic) bond motifs is 1. The number of benzene rings is 1. The van der Waals surface area contributed by atoms with Crippen LogP contribution in [0.3, 0.4) is 0 Å². The van der Waals surface area contributed by atoms with Gasteiger partial charge in [0.2, 0.25) is 0 Å². The molecule has 14 heavy (non-hydrogen) atoms. The van der Waals surface area contributed by atoms with Gasteiger partial charge in [-0.15, -0.1) is 0 Å². The highest BCUT2D eigenvalue weighted by Gasteiger charge is 2.27. The Morgan fingerprint density at radius 2 is 2.00 bits per heavy atom. The van der Waals surface area contributed by atoms with E-state index in [2.05, 4.69) is 43.3 Å². The summed E-state index contributed by atoms with van der Waals surface area (Å²) in [7, 11) is 4.22. The molecule has 76 valence electrons. The second-order valence-electron chi connectivity index (χ2n) is 4.29. The Morgan fingerprint density at radius 3 is 2.71 bits per heavy atom. The first-order valence-corrected chi connectivity index (χ1v) is 5.20. The molecule has 0 radical (unpaired) electrons. The summed E-state index contributed by atoms with van der Waals surface area (Å²) < 4.78 is 0. The van der Waals surface area contributed by atoms with Crippen LogP contribution in [0.25, 0.3) is 0 Å². The van der Waals surface area contributed by atoms with Gasteiger partial charge in [0.05, 0.1) is 0 Å². The summed E-state index contributed by atoms with van der Waals surface area (Å²) in [6.45, 7) is 0. The van der Waals surface area contributed by atoms with Gasteiger partial charge in [-0.1, -0.05) is 24.3 Å². The summed E-state index contributed by atoms with van der Waals surface area (Å²) in [6.07, 6.45) is 2.33. The van der Waals surface area contributed by atoms with E-state index < -0.39 is 0 Å². The predicted octanol–water partition coefficient (Wildman–Crippen LogP) is 1.56. The fourth-order valence-electron chi connectivity index (χ4n) is 2.36. The van der Waals surface area contributed by atoms with Crippen LogP contribution >= 0.6 is 0 Å². The van der Waals surface area contributed by atoms with E-state index in [1.807, 2.05) is 0 Å². The van der Waals surface area contributed by atoms with Crippen molar-refractivity contribution < 1.29 is 0 Å². The molecule has 2 nitrogen and oxygen atoms in total. The zero-order valence-corrected chi connectivity index (χ0v) is 8.90. The fraction of sp³-hybridized carbons (Fsp3) is 0.500. The highest BCUT2D eigenvalue weighted by Crippen LogP contribution is 2.29. The van der Waals surface area contributed by atoms with Crippen molar-refractivity contribution in [1.82, 2.24) is 4.90 Å². The Balaban J connectivity index is 2.31. The predicted molar refractivity (Wildman–Crippen MR) is 59.2 cm³/mol. The molecule has 0 aromatic heterocycles. The van der Waals surface area contributed by atoms with Crippen molar-refractivity contribution in [3.8, 4) is 0 Å². The summed E-state index contributed by atoms with van der Waals surface area (Å²) in [4.78, 5) is 2.24. The van der Waals surface area contributed by atoms with Gasteiger partial charge in [-0.3, -0.25) is 0 Å². The number of hydrogen-bond donors (Lipinski definition) is 1. The molecule has 0 spiro atoms. The van der Waals surface area contributed by atoms with Gasteiger partial charge in [0.25, 0.3) is 0 Å². The first-order valence-electron chi connectivity index (χ1n) is 5.20. The first kappa shape index (κ1) is 9.69. The van der Waals surface area contributed by atoms with Gasteiger partial charge in [-0.05, 0) is 38.1 Å². The third kappa shape index (κ3) is 1.56. The Bertz CT molecular complexity index is 320. The topological polar surface area (TPSA) is 29.3 Å². The zero-order valence-electron chi connectivity index (χ0n) is 8.90. The number of aryl methyl sites for hydroxylation is 1. The van der Waals surface area contributed by atoms with Gasteiger partial charge in [-0.2, -0.15) is 0 Å². The van der Waals surface area contributed by atoms with Gasteiger partial charge >= 0.3 is 0 Å². The van der Waals surface area contributed by atoms with Crippen molar-refractivity contribution in [2.24, 2.45) is 5.73 Å². The van der Waals surface area contributed by atoms with Crippen molar-refractivity contribution in [3.05, 3.63) is 35.4 Å². The minimum absolute atomic E-state index is 0.176. The Kier molecular flexibility index (Phi) is 2.57. The Morgan fingerprint density at radius 1 is 1.29 bits per heavy atom. The van der Waals surface area contributed by atoms with Crippen LogP contribution in [0.2, 0.25) is 0 Å². The van der Waals surface area contributed by atoms with Crippen molar-refractivity contribution in [2.45, 2.75) is 24.9 Å². The summed E-state index contributed by atoms with van der Waals surface area (Å²) in [6, 6.07) is 9.20. The molecule has 1 aliphatic carbocycles. The molecule has 0 aliphatic heterocycles. The highest BCUT2D eigenvalue weighted by atomic mass is 15.1. The molecule has 1 aliphatic rings. The van der Waals surface area contributed by atoms with Crippen LogP contribution < -0.4 is 5.73 Å². The largest absolute Gasteiger partial charge is 0.323 e. The smallest absolute Gasteiger partial charge is 0.0455 e. The van der Waals surface area contributed by atoms with Crippen molar-refractivity contribution in [3.63, 3.8) is 0 Å². The lowest BCUT2D eigenvalue weighted by Crippen LogP contribution is -2.41. The number of likely N-dealkylation sites (N-methyl/N-ethyl adjacent to an activating group) is 1. The maximum absolute atomic E-state index is 6.25. The molecule has 0 fully saturated rings. The van der Waals surface area contributed by atoms with Crippen LogP contribution in [0.4, 0.5) is 0 Å². The SMILES string of the molecule is CN(C)[C@@H]1CCc2ccccc2[C@H]1N. The maximum Gasteiger partial charge on any atom is 0.0455 e. The summed E-state index contributed by atoms with van der Waals surface area (Å²) in [5.74, 6) is 0. The van der Waals surface area contributed by atoms with Crippen molar-refractivity contribution >= 4 is 0 Å². The van der Waals surface area contributed by atoms with E-state index in [1.165, 1.54) is 17.5 Å². The summed E-state index contributed by atoms with van der Waals surface area (Å²) in [5, 5.41) is 0. The Labute approximate surface area is 85.7 Å². The number of nitrogens with two attached hydrogens (primary N) is 1. The van der Waals surface area contributed by atoms with E-state index >= 15 is 0 Å². The lowest BCUT2D eigenvalue weighted by Gasteiger charge is -2.35. The Hall–Kier alpha value is -0.860. The molecule has 0 bridgehead atoms. The lowest BCUT2D eigenvalue weighted by molar-refractivity contribution is 0.231. The molecule has 2 rings (SSSR count). The standard InChI is InChI=1S/C12H18N2/c1-14(2)11-8-7-9-5-3-4-6-10(9)12(11)13/h3-6,11-12H,7-8,13H2,1-2H3/t11-,12-/m1/s1. The fourth-order valence-corrected chi connectivity index (χ4v) is 2.36. The van der Waals surface area contributed by atoms with Crippen LogP contribution in [-0.4, -0.2) is 25.0 Å². The average Bonchev–Trinajstić information content (AvgIpc) is 2.18. The average molecular weight is 190 g/mol. The molecule has 2 atom stereocenters. The van der Waals surface area contributed by atoms with Crippen LogP contribution in [0.5, 0.6) is 0 Å². The van der Waals surface area contributed by atoms with Gasteiger partial charge in [-0.25, -0.2) is 0 Å². The van der Waals surface area contributed by atoms with Crippen LogP contribution in [-0.2, 0) is 6.42 Å². The summed E-state index contributed by atoms with van der Waals surface area (Å²) in [5.41, 5.74) is 9.01. The van der Waals surface area contributed by atoms with E-state index in [0.29, 0.717) is 6.04 Å². The molecule has 0 saturated heterocycles. The third-order valence-electron chi connectivity index (χ3n) is 3.20. The minimum atomic E-state index is 0.176. The number of nitrogens with zero attached hydrogens (tertiary/aromatic N) is 1. The van der Waals surface area contributed by atoms with Gasteiger partial charge < -0.3 is 10.6 Å². The summed E-state index contributed by atoms with van der Waals surface area (Å²) >= 11 is 0. The second kappa shape index (κ2) is 3.71. The normalized spacial score (nSPS) is 26.3. The molecule has 1 aromatic carbocycles. The van der Waals surface area contributed by atoms with E-state index in [9.17, 15) is 0 Å². The molecule has 2 heteroatoms. The van der Waals surface area contributed by atoms with E-state index in [4.69, 9.17) is 5.73 Å². The van der Waals surface area contributed by atoms with Crippen molar-refractivity contribution in [2.75, 3.05) is 14.1 Å². The molecule has 0 unspecified atom stereocenters. The zero-order chi connectivity index (χ0) is 10.1. The van der Waals surface area contributed by atoms with Gasteiger partial charge in [0.15, 0.2) is 0 Å². The molecular formula is C12H18N2. The second-order valence-corrected chi connectivity index (χ2v) is 4.29. The molecule has 1 aromatic rings.